The SMILES string of the molecule is CC1C=C(N2c3ccccc3N(C)c3ccccc32)C=CC1. The molecule has 2 aromatic rings. The van der Waals surface area contributed by atoms with Crippen molar-refractivity contribution in [3.8, 4) is 0 Å². The Bertz CT molecular complexity index is 725. The molecule has 1 atom stereocenters. The Labute approximate surface area is 132 Å². The van der Waals surface area contributed by atoms with E-state index in [1.165, 1.54) is 28.4 Å². The maximum absolute atomic E-state index is 2.39. The molecule has 0 bridgehead atoms. The molecular formula is C20H20N2. The van der Waals surface area contributed by atoms with Gasteiger partial charge in [0.25, 0.3) is 0 Å². The second-order valence-electron chi connectivity index (χ2n) is 6.08. The van der Waals surface area contributed by atoms with Gasteiger partial charge in [0.05, 0.1) is 22.7 Å². The zero-order valence-corrected chi connectivity index (χ0v) is 13.0. The Morgan fingerprint density at radius 3 is 1.95 bits per heavy atom. The van der Waals surface area contributed by atoms with Gasteiger partial charge < -0.3 is 9.80 Å². The lowest BCUT2D eigenvalue weighted by molar-refractivity contribution is 0.726. The van der Waals surface area contributed by atoms with Gasteiger partial charge in [-0.25, -0.2) is 0 Å². The van der Waals surface area contributed by atoms with Gasteiger partial charge in [0, 0.05) is 12.7 Å². The zero-order chi connectivity index (χ0) is 15.1. The van der Waals surface area contributed by atoms with Crippen LogP contribution < -0.4 is 9.80 Å². The molecule has 0 fully saturated rings. The van der Waals surface area contributed by atoms with Gasteiger partial charge in [0.15, 0.2) is 0 Å². The highest BCUT2D eigenvalue weighted by Gasteiger charge is 2.27. The minimum Gasteiger partial charge on any atom is -0.341 e. The van der Waals surface area contributed by atoms with E-state index in [4.69, 9.17) is 0 Å². The first-order valence-electron chi connectivity index (χ1n) is 7.86. The molecule has 22 heavy (non-hydrogen) atoms. The Morgan fingerprint density at radius 2 is 1.41 bits per heavy atom. The van der Waals surface area contributed by atoms with E-state index < -0.39 is 0 Å². The zero-order valence-electron chi connectivity index (χ0n) is 13.0. The lowest BCUT2D eigenvalue weighted by Crippen LogP contribution is -2.27. The molecule has 1 unspecified atom stereocenters. The monoisotopic (exact) mass is 288 g/mol. The summed E-state index contributed by atoms with van der Waals surface area (Å²) >= 11 is 0. The minimum absolute atomic E-state index is 0.582. The average Bonchev–Trinajstić information content (AvgIpc) is 2.55. The fraction of sp³-hybridized carbons (Fsp3) is 0.200. The van der Waals surface area contributed by atoms with E-state index in [-0.39, 0.29) is 0 Å². The standard InChI is InChI=1S/C20H20N2/c1-15-8-7-9-16(14-15)22-19-12-5-3-10-17(19)21(2)18-11-4-6-13-20(18)22/h3-7,9-15H,8H2,1-2H3. The largest absolute Gasteiger partial charge is 0.341 e. The van der Waals surface area contributed by atoms with Crippen molar-refractivity contribution < 1.29 is 0 Å². The number of hydrogen-bond donors (Lipinski definition) is 0. The van der Waals surface area contributed by atoms with Crippen LogP contribution in [0.15, 0.2) is 72.5 Å². The minimum atomic E-state index is 0.582. The Kier molecular flexibility index (Phi) is 3.04. The quantitative estimate of drug-likeness (QED) is 0.694. The summed E-state index contributed by atoms with van der Waals surface area (Å²) in [6.45, 7) is 2.28. The number of para-hydroxylation sites is 4. The van der Waals surface area contributed by atoms with Crippen LogP contribution in [0.25, 0.3) is 0 Å². The van der Waals surface area contributed by atoms with Crippen molar-refractivity contribution in [3.05, 3.63) is 72.5 Å². The summed E-state index contributed by atoms with van der Waals surface area (Å²) in [7, 11) is 2.14. The molecule has 2 aliphatic rings. The number of nitrogens with zero attached hydrogens (tertiary/aromatic N) is 2. The van der Waals surface area contributed by atoms with Gasteiger partial charge in [-0.3, -0.25) is 0 Å². The molecule has 1 aliphatic heterocycles. The highest BCUT2D eigenvalue weighted by Crippen LogP contribution is 2.49. The van der Waals surface area contributed by atoms with Gasteiger partial charge in [-0.1, -0.05) is 43.3 Å². The molecule has 0 saturated carbocycles. The summed E-state index contributed by atoms with van der Waals surface area (Å²) in [6, 6.07) is 17.2. The maximum atomic E-state index is 2.39. The molecule has 0 saturated heterocycles. The summed E-state index contributed by atoms with van der Waals surface area (Å²) in [4.78, 5) is 4.66. The summed E-state index contributed by atoms with van der Waals surface area (Å²) in [5, 5.41) is 0. The maximum Gasteiger partial charge on any atom is 0.0699 e. The third-order valence-corrected chi connectivity index (χ3v) is 4.48. The first kappa shape index (κ1) is 13.2. The van der Waals surface area contributed by atoms with Gasteiger partial charge in [0.2, 0.25) is 0 Å². The van der Waals surface area contributed by atoms with Crippen LogP contribution in [0, 0.1) is 5.92 Å². The molecular weight excluding hydrogens is 268 g/mol. The summed E-state index contributed by atoms with van der Waals surface area (Å²) in [5.74, 6) is 0.582. The topological polar surface area (TPSA) is 6.48 Å². The van der Waals surface area contributed by atoms with Crippen LogP contribution in [0.4, 0.5) is 22.7 Å². The molecule has 4 rings (SSSR count). The lowest BCUT2D eigenvalue weighted by atomic mass is 9.99. The smallest absolute Gasteiger partial charge is 0.0699 e. The lowest BCUT2D eigenvalue weighted by Gasteiger charge is -2.39. The molecule has 2 nitrogen and oxygen atoms in total. The number of anilines is 4. The van der Waals surface area contributed by atoms with E-state index in [2.05, 4.69) is 90.5 Å². The summed E-state index contributed by atoms with van der Waals surface area (Å²) in [5.41, 5.74) is 6.25. The number of fused-ring (bicyclic) bond motifs is 2. The van der Waals surface area contributed by atoms with Crippen LogP contribution in [-0.2, 0) is 0 Å². The predicted octanol–water partition coefficient (Wildman–Crippen LogP) is 5.39. The number of benzene rings is 2. The molecule has 110 valence electrons. The molecule has 0 radical (unpaired) electrons. The molecule has 0 amide bonds. The molecule has 2 aromatic carbocycles. The number of hydrogen-bond acceptors (Lipinski definition) is 2. The van der Waals surface area contributed by atoms with Crippen molar-refractivity contribution in [2.45, 2.75) is 13.3 Å². The summed E-state index contributed by atoms with van der Waals surface area (Å²) < 4.78 is 0. The van der Waals surface area contributed by atoms with Gasteiger partial charge in [-0.05, 0) is 42.7 Å². The van der Waals surface area contributed by atoms with E-state index in [1.54, 1.807) is 0 Å². The van der Waals surface area contributed by atoms with Crippen LogP contribution in [0.1, 0.15) is 13.3 Å². The normalized spacial score (nSPS) is 19.5. The molecule has 1 heterocycles. The summed E-state index contributed by atoms with van der Waals surface area (Å²) in [6.07, 6.45) is 8.03. The molecule has 0 aromatic heterocycles. The van der Waals surface area contributed by atoms with Gasteiger partial charge >= 0.3 is 0 Å². The first-order chi connectivity index (χ1) is 10.8. The van der Waals surface area contributed by atoms with Crippen molar-refractivity contribution in [2.75, 3.05) is 16.8 Å². The average molecular weight is 288 g/mol. The van der Waals surface area contributed by atoms with Crippen molar-refractivity contribution in [3.63, 3.8) is 0 Å². The second-order valence-corrected chi connectivity index (χ2v) is 6.08. The van der Waals surface area contributed by atoms with Crippen molar-refractivity contribution in [1.82, 2.24) is 0 Å². The molecule has 0 N–H and O–H groups in total. The fourth-order valence-electron chi connectivity index (χ4n) is 3.38. The van der Waals surface area contributed by atoms with Crippen LogP contribution in [-0.4, -0.2) is 7.05 Å². The van der Waals surface area contributed by atoms with Crippen LogP contribution in [0.5, 0.6) is 0 Å². The highest BCUT2D eigenvalue weighted by atomic mass is 15.3. The van der Waals surface area contributed by atoms with Crippen molar-refractivity contribution >= 4 is 22.7 Å². The molecule has 0 spiro atoms. The van der Waals surface area contributed by atoms with Crippen molar-refractivity contribution in [2.24, 2.45) is 5.92 Å². The third kappa shape index (κ3) is 1.95. The van der Waals surface area contributed by atoms with E-state index in [0.717, 1.165) is 6.42 Å². The van der Waals surface area contributed by atoms with Gasteiger partial charge in [-0.15, -0.1) is 0 Å². The highest BCUT2D eigenvalue weighted by molar-refractivity contribution is 5.95. The van der Waals surface area contributed by atoms with Crippen molar-refractivity contribution in [1.29, 1.82) is 0 Å². The van der Waals surface area contributed by atoms with Crippen LogP contribution in [0.3, 0.4) is 0 Å². The fourth-order valence-corrected chi connectivity index (χ4v) is 3.38. The molecule has 1 aliphatic carbocycles. The van der Waals surface area contributed by atoms with Crippen LogP contribution >= 0.6 is 0 Å². The van der Waals surface area contributed by atoms with E-state index >= 15 is 0 Å². The van der Waals surface area contributed by atoms with E-state index in [1.807, 2.05) is 0 Å². The van der Waals surface area contributed by atoms with Gasteiger partial charge in [0.1, 0.15) is 0 Å². The van der Waals surface area contributed by atoms with E-state index in [0.29, 0.717) is 5.92 Å². The predicted molar refractivity (Wildman–Crippen MR) is 94.1 cm³/mol. The number of rotatable bonds is 1. The first-order valence-corrected chi connectivity index (χ1v) is 7.86. The van der Waals surface area contributed by atoms with Crippen LogP contribution in [0.2, 0.25) is 0 Å². The van der Waals surface area contributed by atoms with E-state index in [9.17, 15) is 0 Å². The molecule has 2 heteroatoms. The number of allylic oxidation sites excluding steroid dienone is 3. The second kappa shape index (κ2) is 5.06. The third-order valence-electron chi connectivity index (χ3n) is 4.48. The van der Waals surface area contributed by atoms with Gasteiger partial charge in [-0.2, -0.15) is 0 Å². The Balaban J connectivity index is 1.95. The Morgan fingerprint density at radius 1 is 0.864 bits per heavy atom. The Hall–Kier alpha value is -2.48.